The molecule has 0 aromatic heterocycles. The van der Waals surface area contributed by atoms with Crippen molar-refractivity contribution in [3.05, 3.63) is 41.0 Å². The van der Waals surface area contributed by atoms with Crippen LogP contribution >= 0.6 is 0 Å². The van der Waals surface area contributed by atoms with E-state index in [9.17, 15) is 13.2 Å². The third kappa shape index (κ3) is 4.22. The molecule has 1 rings (SSSR count). The fraction of sp³-hybridized carbons (Fsp3) is 0.308. The first kappa shape index (κ1) is 14.3. The number of nitrogens with one attached hydrogen (secondary N) is 1. The summed E-state index contributed by atoms with van der Waals surface area (Å²) in [4.78, 5) is 0. The van der Waals surface area contributed by atoms with Gasteiger partial charge in [-0.05, 0) is 43.8 Å². The zero-order valence-electron chi connectivity index (χ0n) is 9.88. The molecule has 0 bridgehead atoms. The SMILES string of the molecule is CNCCC=Cc1cc(C#N)cc(C(F)(F)F)c1. The lowest BCUT2D eigenvalue weighted by Crippen LogP contribution is -2.06. The first-order chi connectivity index (χ1) is 8.47. The lowest BCUT2D eigenvalue weighted by molar-refractivity contribution is -0.137. The van der Waals surface area contributed by atoms with E-state index < -0.39 is 11.7 Å². The van der Waals surface area contributed by atoms with Gasteiger partial charge >= 0.3 is 6.18 Å². The standard InChI is InChI=1S/C13H13F3N2/c1-18-5-3-2-4-10-6-11(9-17)8-12(7-10)13(14,15)16/h2,4,6-8,18H,3,5H2,1H3. The first-order valence-corrected chi connectivity index (χ1v) is 5.41. The van der Waals surface area contributed by atoms with Crippen LogP contribution in [0.5, 0.6) is 0 Å². The molecule has 0 atom stereocenters. The van der Waals surface area contributed by atoms with Crippen LogP contribution in [0.25, 0.3) is 6.08 Å². The van der Waals surface area contributed by atoms with Crippen molar-refractivity contribution < 1.29 is 13.2 Å². The minimum atomic E-state index is -4.43. The molecule has 0 saturated heterocycles. The Kier molecular flexibility index (Phi) is 4.93. The summed E-state index contributed by atoms with van der Waals surface area (Å²) in [7, 11) is 1.80. The molecule has 1 N–H and O–H groups in total. The van der Waals surface area contributed by atoms with Crippen LogP contribution in [0.15, 0.2) is 24.3 Å². The Hall–Kier alpha value is -1.80. The van der Waals surface area contributed by atoms with Gasteiger partial charge in [-0.1, -0.05) is 12.2 Å². The Labute approximate surface area is 104 Å². The van der Waals surface area contributed by atoms with E-state index in [1.807, 2.05) is 0 Å². The molecule has 0 saturated carbocycles. The predicted molar refractivity (Wildman–Crippen MR) is 63.7 cm³/mol. The molecule has 0 aliphatic carbocycles. The molecule has 0 aliphatic rings. The van der Waals surface area contributed by atoms with Crippen molar-refractivity contribution in [2.45, 2.75) is 12.6 Å². The molecule has 2 nitrogen and oxygen atoms in total. The van der Waals surface area contributed by atoms with Gasteiger partial charge in [0.25, 0.3) is 0 Å². The molecule has 0 unspecified atom stereocenters. The van der Waals surface area contributed by atoms with E-state index in [1.54, 1.807) is 25.3 Å². The maximum absolute atomic E-state index is 12.6. The molecule has 0 spiro atoms. The number of hydrogen-bond acceptors (Lipinski definition) is 2. The topological polar surface area (TPSA) is 35.8 Å². The Balaban J connectivity index is 2.99. The van der Waals surface area contributed by atoms with Gasteiger partial charge in [0.2, 0.25) is 0 Å². The Bertz CT molecular complexity index is 470. The summed E-state index contributed by atoms with van der Waals surface area (Å²) in [5.74, 6) is 0. The Morgan fingerprint density at radius 1 is 1.33 bits per heavy atom. The summed E-state index contributed by atoms with van der Waals surface area (Å²) in [5.41, 5.74) is -0.398. The Morgan fingerprint density at radius 2 is 2.06 bits per heavy atom. The highest BCUT2D eigenvalue weighted by Crippen LogP contribution is 2.30. The molecule has 0 amide bonds. The van der Waals surface area contributed by atoms with Crippen LogP contribution in [-0.2, 0) is 6.18 Å². The van der Waals surface area contributed by atoms with Gasteiger partial charge in [0.05, 0.1) is 17.2 Å². The van der Waals surface area contributed by atoms with Crippen molar-refractivity contribution in [2.24, 2.45) is 0 Å². The largest absolute Gasteiger partial charge is 0.416 e. The fourth-order valence-electron chi connectivity index (χ4n) is 1.42. The number of nitriles is 1. The molecule has 0 aliphatic heterocycles. The second-order valence-corrected chi connectivity index (χ2v) is 3.75. The summed E-state index contributed by atoms with van der Waals surface area (Å²) < 4.78 is 37.8. The molecule has 0 radical (unpaired) electrons. The molecule has 0 fully saturated rings. The number of benzene rings is 1. The van der Waals surface area contributed by atoms with Crippen LogP contribution in [0.1, 0.15) is 23.1 Å². The minimum Gasteiger partial charge on any atom is -0.319 e. The Morgan fingerprint density at radius 3 is 2.61 bits per heavy atom. The number of halogens is 3. The molecule has 0 heterocycles. The van der Waals surface area contributed by atoms with Gasteiger partial charge in [0.15, 0.2) is 0 Å². The molecular weight excluding hydrogens is 241 g/mol. The first-order valence-electron chi connectivity index (χ1n) is 5.41. The summed E-state index contributed by atoms with van der Waals surface area (Å²) in [5, 5.41) is 11.6. The van der Waals surface area contributed by atoms with E-state index in [4.69, 9.17) is 5.26 Å². The van der Waals surface area contributed by atoms with E-state index >= 15 is 0 Å². The van der Waals surface area contributed by atoms with E-state index in [1.165, 1.54) is 6.07 Å². The van der Waals surface area contributed by atoms with Gasteiger partial charge in [-0.15, -0.1) is 0 Å². The highest BCUT2D eigenvalue weighted by molar-refractivity contribution is 5.54. The average Bonchev–Trinajstić information content (AvgIpc) is 2.33. The molecular formula is C13H13F3N2. The van der Waals surface area contributed by atoms with Gasteiger partial charge < -0.3 is 5.32 Å². The van der Waals surface area contributed by atoms with Gasteiger partial charge in [0, 0.05) is 0 Å². The zero-order chi connectivity index (χ0) is 13.6. The van der Waals surface area contributed by atoms with Crippen LogP contribution in [0.3, 0.4) is 0 Å². The summed E-state index contributed by atoms with van der Waals surface area (Å²) >= 11 is 0. The molecule has 1 aromatic carbocycles. The smallest absolute Gasteiger partial charge is 0.319 e. The van der Waals surface area contributed by atoms with Crippen LogP contribution in [0, 0.1) is 11.3 Å². The molecule has 18 heavy (non-hydrogen) atoms. The van der Waals surface area contributed by atoms with Gasteiger partial charge in [0.1, 0.15) is 0 Å². The van der Waals surface area contributed by atoms with Gasteiger partial charge in [-0.2, -0.15) is 18.4 Å². The maximum atomic E-state index is 12.6. The predicted octanol–water partition coefficient (Wildman–Crippen LogP) is 3.20. The zero-order valence-corrected chi connectivity index (χ0v) is 9.88. The second-order valence-electron chi connectivity index (χ2n) is 3.75. The molecule has 1 aromatic rings. The lowest BCUT2D eigenvalue weighted by Gasteiger charge is -2.08. The van der Waals surface area contributed by atoms with Crippen LogP contribution in [-0.4, -0.2) is 13.6 Å². The highest BCUT2D eigenvalue weighted by Gasteiger charge is 2.30. The van der Waals surface area contributed by atoms with Gasteiger partial charge in [-0.3, -0.25) is 0 Å². The van der Waals surface area contributed by atoms with Crippen molar-refractivity contribution in [3.63, 3.8) is 0 Å². The van der Waals surface area contributed by atoms with Crippen molar-refractivity contribution in [1.29, 1.82) is 5.26 Å². The molecule has 96 valence electrons. The number of nitrogens with zero attached hydrogens (tertiary/aromatic N) is 1. The average molecular weight is 254 g/mol. The number of hydrogen-bond donors (Lipinski definition) is 1. The minimum absolute atomic E-state index is 0.0121. The highest BCUT2D eigenvalue weighted by atomic mass is 19.4. The van der Waals surface area contributed by atoms with E-state index in [2.05, 4.69) is 5.32 Å². The van der Waals surface area contributed by atoms with Crippen molar-refractivity contribution in [1.82, 2.24) is 5.32 Å². The fourth-order valence-corrected chi connectivity index (χ4v) is 1.42. The number of alkyl halides is 3. The lowest BCUT2D eigenvalue weighted by atomic mass is 10.1. The maximum Gasteiger partial charge on any atom is 0.416 e. The van der Waals surface area contributed by atoms with Crippen molar-refractivity contribution >= 4 is 6.08 Å². The van der Waals surface area contributed by atoms with E-state index in [0.717, 1.165) is 18.7 Å². The molecule has 5 heteroatoms. The number of rotatable bonds is 4. The van der Waals surface area contributed by atoms with E-state index in [-0.39, 0.29) is 5.56 Å². The van der Waals surface area contributed by atoms with Crippen molar-refractivity contribution in [2.75, 3.05) is 13.6 Å². The third-order valence-corrected chi connectivity index (χ3v) is 2.28. The summed E-state index contributed by atoms with van der Waals surface area (Å²) in [6.45, 7) is 0.751. The third-order valence-electron chi connectivity index (χ3n) is 2.28. The summed E-state index contributed by atoms with van der Waals surface area (Å²) in [6, 6.07) is 5.06. The monoisotopic (exact) mass is 254 g/mol. The van der Waals surface area contributed by atoms with Crippen LogP contribution < -0.4 is 5.32 Å². The normalized spacial score (nSPS) is 11.7. The van der Waals surface area contributed by atoms with Crippen LogP contribution in [0.2, 0.25) is 0 Å². The van der Waals surface area contributed by atoms with Gasteiger partial charge in [-0.25, -0.2) is 0 Å². The summed E-state index contributed by atoms with van der Waals surface area (Å²) in [6.07, 6.45) is -0.352. The van der Waals surface area contributed by atoms with Crippen LogP contribution in [0.4, 0.5) is 13.2 Å². The van der Waals surface area contributed by atoms with E-state index in [0.29, 0.717) is 12.0 Å². The quantitative estimate of drug-likeness (QED) is 0.837. The second kappa shape index (κ2) is 6.22. The van der Waals surface area contributed by atoms with Crippen molar-refractivity contribution in [3.8, 4) is 6.07 Å².